The highest BCUT2D eigenvalue weighted by atomic mass is 35.5. The maximum absolute atomic E-state index is 12.0. The molecule has 3 N–H and O–H groups in total. The minimum atomic E-state index is -0.938. The van der Waals surface area contributed by atoms with E-state index < -0.39 is 18.1 Å². The second-order valence-electron chi connectivity index (χ2n) is 5.37. The van der Waals surface area contributed by atoms with Crippen molar-refractivity contribution >= 4 is 24.3 Å². The van der Waals surface area contributed by atoms with Crippen molar-refractivity contribution in [3.63, 3.8) is 0 Å². The molecule has 0 radical (unpaired) electrons. The molecule has 1 fully saturated rings. The number of amides is 1. The number of nitrogens with zero attached hydrogens (tertiary/aromatic N) is 1. The number of aliphatic carboxylic acids is 1. The highest BCUT2D eigenvalue weighted by Crippen LogP contribution is 2.24. The molecule has 2 atom stereocenters. The summed E-state index contributed by atoms with van der Waals surface area (Å²) in [6, 6.07) is -1.34. The van der Waals surface area contributed by atoms with Crippen LogP contribution < -0.4 is 5.73 Å². The van der Waals surface area contributed by atoms with Crippen LogP contribution in [-0.2, 0) is 9.59 Å². The Morgan fingerprint density at radius 1 is 1.41 bits per heavy atom. The SMILES string of the molecule is CC(C)(C)C(N)C(=O)N1CCCC1C(=O)O.Cl. The molecule has 1 aliphatic heterocycles. The molecule has 1 aliphatic rings. The molecule has 2 unspecified atom stereocenters. The molecule has 5 nitrogen and oxygen atoms in total. The summed E-state index contributed by atoms with van der Waals surface area (Å²) in [7, 11) is 0. The van der Waals surface area contributed by atoms with Crippen LogP contribution in [0.15, 0.2) is 0 Å². The maximum Gasteiger partial charge on any atom is 0.326 e. The van der Waals surface area contributed by atoms with Gasteiger partial charge in [0.25, 0.3) is 0 Å². The van der Waals surface area contributed by atoms with E-state index in [2.05, 4.69) is 0 Å². The Kier molecular flexibility index (Phi) is 5.42. The molecule has 6 heteroatoms. The summed E-state index contributed by atoms with van der Waals surface area (Å²) in [5.41, 5.74) is 5.51. The second-order valence-corrected chi connectivity index (χ2v) is 5.37. The van der Waals surface area contributed by atoms with E-state index in [1.807, 2.05) is 20.8 Å². The first-order chi connectivity index (χ1) is 7.25. The highest BCUT2D eigenvalue weighted by molar-refractivity contribution is 5.88. The van der Waals surface area contributed by atoms with Gasteiger partial charge in [0.1, 0.15) is 6.04 Å². The van der Waals surface area contributed by atoms with Crippen LogP contribution >= 0.6 is 12.4 Å². The molecular formula is C11H21ClN2O3. The van der Waals surface area contributed by atoms with Crippen LogP contribution in [0.5, 0.6) is 0 Å². The molecule has 1 rings (SSSR count). The third-order valence-electron chi connectivity index (χ3n) is 3.02. The molecule has 0 aromatic carbocycles. The molecule has 0 aromatic rings. The summed E-state index contributed by atoms with van der Waals surface area (Å²) in [6.45, 7) is 6.13. The van der Waals surface area contributed by atoms with Gasteiger partial charge >= 0.3 is 5.97 Å². The van der Waals surface area contributed by atoms with E-state index in [9.17, 15) is 9.59 Å². The van der Waals surface area contributed by atoms with Crippen molar-refractivity contribution in [2.45, 2.75) is 45.7 Å². The second kappa shape index (κ2) is 5.69. The first-order valence-corrected chi connectivity index (χ1v) is 5.54. The molecule has 17 heavy (non-hydrogen) atoms. The lowest BCUT2D eigenvalue weighted by Crippen LogP contribution is -2.53. The van der Waals surface area contributed by atoms with E-state index in [0.717, 1.165) is 6.42 Å². The lowest BCUT2D eigenvalue weighted by Gasteiger charge is -2.31. The van der Waals surface area contributed by atoms with Gasteiger partial charge in [0.2, 0.25) is 5.91 Å². The highest BCUT2D eigenvalue weighted by Gasteiger charge is 2.39. The smallest absolute Gasteiger partial charge is 0.326 e. The van der Waals surface area contributed by atoms with Crippen molar-refractivity contribution in [3.8, 4) is 0 Å². The third kappa shape index (κ3) is 3.57. The molecule has 0 saturated carbocycles. The number of carbonyl (C=O) groups excluding carboxylic acids is 1. The number of hydrogen-bond donors (Lipinski definition) is 2. The minimum Gasteiger partial charge on any atom is -0.480 e. The summed E-state index contributed by atoms with van der Waals surface area (Å²) >= 11 is 0. The molecule has 0 spiro atoms. The van der Waals surface area contributed by atoms with Gasteiger partial charge in [-0.25, -0.2) is 4.79 Å². The zero-order chi connectivity index (χ0) is 12.5. The fourth-order valence-electron chi connectivity index (χ4n) is 1.84. The molecular weight excluding hydrogens is 244 g/mol. The average Bonchev–Trinajstić information content (AvgIpc) is 2.62. The van der Waals surface area contributed by atoms with E-state index in [0.29, 0.717) is 13.0 Å². The zero-order valence-corrected chi connectivity index (χ0v) is 11.3. The van der Waals surface area contributed by atoms with Crippen molar-refractivity contribution in [1.29, 1.82) is 0 Å². The number of nitrogens with two attached hydrogens (primary N) is 1. The minimum absolute atomic E-state index is 0. The number of carboxylic acid groups (broad SMARTS) is 1. The molecule has 100 valence electrons. The van der Waals surface area contributed by atoms with Gasteiger partial charge in [-0.05, 0) is 18.3 Å². The number of hydrogen-bond acceptors (Lipinski definition) is 3. The summed E-state index contributed by atoms with van der Waals surface area (Å²) in [5.74, 6) is -1.19. The van der Waals surface area contributed by atoms with Crippen LogP contribution in [0.3, 0.4) is 0 Å². The van der Waals surface area contributed by atoms with E-state index in [-0.39, 0.29) is 23.7 Å². The van der Waals surface area contributed by atoms with Crippen molar-refractivity contribution in [2.75, 3.05) is 6.54 Å². The predicted octanol–water partition coefficient (Wildman–Crippen LogP) is 0.857. The van der Waals surface area contributed by atoms with Gasteiger partial charge in [-0.2, -0.15) is 0 Å². The number of rotatable bonds is 2. The molecule has 0 aromatic heterocycles. The maximum atomic E-state index is 12.0. The van der Waals surface area contributed by atoms with Gasteiger partial charge in [0, 0.05) is 6.54 Å². The lowest BCUT2D eigenvalue weighted by atomic mass is 9.86. The van der Waals surface area contributed by atoms with Crippen molar-refractivity contribution < 1.29 is 14.7 Å². The average molecular weight is 265 g/mol. The lowest BCUT2D eigenvalue weighted by molar-refractivity contribution is -0.149. The van der Waals surface area contributed by atoms with Gasteiger partial charge in [0.05, 0.1) is 6.04 Å². The van der Waals surface area contributed by atoms with Crippen LogP contribution in [0.4, 0.5) is 0 Å². The van der Waals surface area contributed by atoms with Crippen LogP contribution in [0.25, 0.3) is 0 Å². The van der Waals surface area contributed by atoms with E-state index in [4.69, 9.17) is 10.8 Å². The summed E-state index contributed by atoms with van der Waals surface area (Å²) in [4.78, 5) is 24.4. The van der Waals surface area contributed by atoms with Crippen molar-refractivity contribution in [1.82, 2.24) is 4.90 Å². The van der Waals surface area contributed by atoms with Crippen LogP contribution in [0.2, 0.25) is 0 Å². The number of halogens is 1. The summed E-state index contributed by atoms with van der Waals surface area (Å²) in [6.07, 6.45) is 1.26. The van der Waals surface area contributed by atoms with E-state index >= 15 is 0 Å². The van der Waals surface area contributed by atoms with Crippen LogP contribution in [-0.4, -0.2) is 40.5 Å². The van der Waals surface area contributed by atoms with Crippen molar-refractivity contribution in [2.24, 2.45) is 11.1 Å². The summed E-state index contributed by atoms with van der Waals surface area (Å²) in [5, 5.41) is 8.98. The normalized spacial score (nSPS) is 21.9. The predicted molar refractivity (Wildman–Crippen MR) is 67.0 cm³/mol. The Bertz CT molecular complexity index is 302. The first-order valence-electron chi connectivity index (χ1n) is 5.54. The number of carboxylic acids is 1. The van der Waals surface area contributed by atoms with Crippen LogP contribution in [0.1, 0.15) is 33.6 Å². The van der Waals surface area contributed by atoms with Crippen molar-refractivity contribution in [3.05, 3.63) is 0 Å². The molecule has 1 amide bonds. The third-order valence-corrected chi connectivity index (χ3v) is 3.02. The fraction of sp³-hybridized carbons (Fsp3) is 0.818. The Labute approximate surface area is 108 Å². The monoisotopic (exact) mass is 264 g/mol. The largest absolute Gasteiger partial charge is 0.480 e. The Morgan fingerprint density at radius 3 is 2.35 bits per heavy atom. The van der Waals surface area contributed by atoms with Gasteiger partial charge < -0.3 is 15.7 Å². The van der Waals surface area contributed by atoms with Gasteiger partial charge in [0.15, 0.2) is 0 Å². The molecule has 1 saturated heterocycles. The van der Waals surface area contributed by atoms with Gasteiger partial charge in [-0.3, -0.25) is 4.79 Å². The molecule has 0 bridgehead atoms. The number of carbonyl (C=O) groups is 2. The number of likely N-dealkylation sites (tertiary alicyclic amines) is 1. The quantitative estimate of drug-likeness (QED) is 0.775. The topological polar surface area (TPSA) is 83.6 Å². The van der Waals surface area contributed by atoms with Gasteiger partial charge in [-0.15, -0.1) is 12.4 Å². The zero-order valence-electron chi connectivity index (χ0n) is 10.5. The van der Waals surface area contributed by atoms with Gasteiger partial charge in [-0.1, -0.05) is 20.8 Å². The fourth-order valence-corrected chi connectivity index (χ4v) is 1.84. The Balaban J connectivity index is 0.00000256. The molecule has 1 heterocycles. The summed E-state index contributed by atoms with van der Waals surface area (Å²) < 4.78 is 0. The Morgan fingerprint density at radius 2 is 1.94 bits per heavy atom. The molecule has 0 aliphatic carbocycles. The standard InChI is InChI=1S/C11H20N2O3.ClH/c1-11(2,3)8(12)9(14)13-6-4-5-7(13)10(15)16;/h7-8H,4-6,12H2,1-3H3,(H,15,16);1H. The van der Waals surface area contributed by atoms with E-state index in [1.165, 1.54) is 4.90 Å². The van der Waals surface area contributed by atoms with Crippen LogP contribution in [0, 0.1) is 5.41 Å². The van der Waals surface area contributed by atoms with E-state index in [1.54, 1.807) is 0 Å². The Hall–Kier alpha value is -0.810. The first kappa shape index (κ1) is 16.2.